The van der Waals surface area contributed by atoms with Gasteiger partial charge in [0, 0.05) is 0 Å². The summed E-state index contributed by atoms with van der Waals surface area (Å²) >= 11 is 0. The summed E-state index contributed by atoms with van der Waals surface area (Å²) in [6.07, 6.45) is 8.76. The van der Waals surface area contributed by atoms with E-state index in [1.807, 2.05) is 12.1 Å². The van der Waals surface area contributed by atoms with Gasteiger partial charge < -0.3 is 15.2 Å². The SMILES string of the molecule is Nc1nc2c(c(=O)[nH]1)n(C/C=C\COC(=O)c1ccccc1)c[n+]2C/C=C\COC(=O)c1ccccc1. The summed E-state index contributed by atoms with van der Waals surface area (Å²) in [7, 11) is 0. The molecule has 0 radical (unpaired) electrons. The quantitative estimate of drug-likeness (QED) is 0.194. The van der Waals surface area contributed by atoms with Gasteiger partial charge >= 0.3 is 17.6 Å². The number of nitrogens with one attached hydrogen (secondary N) is 1. The monoisotopic (exact) mass is 500 g/mol. The number of fused-ring (bicyclic) bond motifs is 1. The van der Waals surface area contributed by atoms with Crippen molar-refractivity contribution >= 4 is 29.1 Å². The normalized spacial score (nSPS) is 11.4. The van der Waals surface area contributed by atoms with Crippen molar-refractivity contribution < 1.29 is 23.6 Å². The number of hydrogen-bond acceptors (Lipinski definition) is 7. The number of ether oxygens (including phenoxy) is 2. The van der Waals surface area contributed by atoms with Crippen LogP contribution in [0.4, 0.5) is 5.95 Å². The van der Waals surface area contributed by atoms with Crippen molar-refractivity contribution in [3.8, 4) is 0 Å². The molecule has 0 fully saturated rings. The van der Waals surface area contributed by atoms with Gasteiger partial charge in [0.05, 0.1) is 24.2 Å². The third-order valence-electron chi connectivity index (χ3n) is 5.31. The van der Waals surface area contributed by atoms with E-state index in [9.17, 15) is 14.4 Å². The van der Waals surface area contributed by atoms with Crippen LogP contribution in [-0.2, 0) is 22.6 Å². The number of hydrogen-bond donors (Lipinski definition) is 2. The topological polar surface area (TPSA) is 133 Å². The molecule has 188 valence electrons. The Morgan fingerprint density at radius 1 is 0.892 bits per heavy atom. The summed E-state index contributed by atoms with van der Waals surface area (Å²) in [6.45, 7) is 0.923. The minimum absolute atomic E-state index is 0.00753. The average molecular weight is 501 g/mol. The number of esters is 2. The number of allylic oxidation sites excluding steroid dienone is 2. The first-order valence-corrected chi connectivity index (χ1v) is 11.6. The van der Waals surface area contributed by atoms with Gasteiger partial charge in [0.1, 0.15) is 13.2 Å². The number of carbonyl (C=O) groups excluding carboxylic acids is 2. The smallest absolute Gasteiger partial charge is 0.338 e. The molecule has 2 aromatic heterocycles. The lowest BCUT2D eigenvalue weighted by molar-refractivity contribution is -0.663. The predicted molar refractivity (Wildman–Crippen MR) is 137 cm³/mol. The first-order chi connectivity index (χ1) is 18.0. The molecule has 0 unspecified atom stereocenters. The number of nitrogens with two attached hydrogens (primary N) is 1. The fraction of sp³-hybridized carbons (Fsp3) is 0.148. The number of carbonyl (C=O) groups is 2. The fourth-order valence-electron chi connectivity index (χ4n) is 3.56. The van der Waals surface area contributed by atoms with Crippen LogP contribution in [0.15, 0.2) is 96.1 Å². The molecule has 0 saturated heterocycles. The Hall–Kier alpha value is -4.99. The number of nitrogen functional groups attached to an aromatic ring is 1. The lowest BCUT2D eigenvalue weighted by atomic mass is 10.2. The maximum absolute atomic E-state index is 12.6. The zero-order valence-electron chi connectivity index (χ0n) is 19.9. The maximum atomic E-state index is 12.6. The van der Waals surface area contributed by atoms with E-state index < -0.39 is 11.9 Å². The van der Waals surface area contributed by atoms with Crippen molar-refractivity contribution in [2.24, 2.45) is 0 Å². The molecule has 0 aliphatic heterocycles. The van der Waals surface area contributed by atoms with Gasteiger partial charge in [-0.2, -0.15) is 0 Å². The first kappa shape index (κ1) is 25.1. The average Bonchev–Trinajstić information content (AvgIpc) is 3.26. The molecule has 4 aromatic rings. The number of nitrogens with zero attached hydrogens (tertiary/aromatic N) is 3. The molecular formula is C27H26N5O5+. The van der Waals surface area contributed by atoms with Gasteiger partial charge in [-0.05, 0) is 36.4 Å². The molecule has 0 atom stereocenters. The Balaban J connectivity index is 1.37. The number of H-pyrrole nitrogens is 1. The second-order valence-corrected chi connectivity index (χ2v) is 7.92. The minimum Gasteiger partial charge on any atom is -0.458 e. The van der Waals surface area contributed by atoms with Crippen LogP contribution in [0.5, 0.6) is 0 Å². The van der Waals surface area contributed by atoms with Crippen LogP contribution in [0.3, 0.4) is 0 Å². The van der Waals surface area contributed by atoms with E-state index >= 15 is 0 Å². The molecule has 0 aliphatic carbocycles. The number of anilines is 1. The van der Waals surface area contributed by atoms with Crippen LogP contribution in [0, 0.1) is 0 Å². The molecule has 3 N–H and O–H groups in total. The molecule has 0 bridgehead atoms. The minimum atomic E-state index is -0.410. The lowest BCUT2D eigenvalue weighted by Crippen LogP contribution is -2.32. The Morgan fingerprint density at radius 2 is 1.46 bits per heavy atom. The second kappa shape index (κ2) is 12.1. The first-order valence-electron chi connectivity index (χ1n) is 11.6. The van der Waals surface area contributed by atoms with E-state index in [0.29, 0.717) is 35.4 Å². The van der Waals surface area contributed by atoms with Gasteiger partial charge in [-0.1, -0.05) is 53.5 Å². The van der Waals surface area contributed by atoms with E-state index in [1.165, 1.54) is 0 Å². The highest BCUT2D eigenvalue weighted by Gasteiger charge is 2.20. The molecule has 0 spiro atoms. The molecule has 0 saturated carbocycles. The van der Waals surface area contributed by atoms with Crippen LogP contribution in [0.1, 0.15) is 20.7 Å². The standard InChI is InChI=1S/C27H25N5O5/c28-27-29-23-22(24(33)30-27)31(15-7-9-17-36-25(34)20-11-3-1-4-12-20)19-32(23)16-8-10-18-37-26(35)21-13-5-2-6-14-21/h1-14,19H,15-18H2,(H2-,28,29,30,33)/p+1/b9-7-,10-8-. The Kier molecular flexibility index (Phi) is 8.22. The number of benzene rings is 2. The molecule has 0 aliphatic rings. The second-order valence-electron chi connectivity index (χ2n) is 7.92. The van der Waals surface area contributed by atoms with Crippen LogP contribution in [0.2, 0.25) is 0 Å². The third kappa shape index (κ3) is 6.57. The number of imidazole rings is 1. The summed E-state index contributed by atoms with van der Waals surface area (Å²) in [5.41, 5.74) is 7.11. The van der Waals surface area contributed by atoms with Gasteiger partial charge in [-0.25, -0.2) is 14.2 Å². The number of aromatic nitrogens is 4. The lowest BCUT2D eigenvalue weighted by Gasteiger charge is -2.01. The van der Waals surface area contributed by atoms with Gasteiger partial charge in [0.2, 0.25) is 5.52 Å². The van der Waals surface area contributed by atoms with E-state index in [4.69, 9.17) is 15.2 Å². The summed E-state index contributed by atoms with van der Waals surface area (Å²) in [4.78, 5) is 43.4. The highest BCUT2D eigenvalue weighted by atomic mass is 16.5. The molecule has 10 nitrogen and oxygen atoms in total. The highest BCUT2D eigenvalue weighted by molar-refractivity contribution is 5.89. The third-order valence-corrected chi connectivity index (χ3v) is 5.31. The fourth-order valence-corrected chi connectivity index (χ4v) is 3.56. The largest absolute Gasteiger partial charge is 0.458 e. The molecule has 0 amide bonds. The van der Waals surface area contributed by atoms with Crippen molar-refractivity contribution in [2.75, 3.05) is 18.9 Å². The summed E-state index contributed by atoms with van der Waals surface area (Å²) in [5.74, 6) is -0.809. The van der Waals surface area contributed by atoms with Crippen molar-refractivity contribution in [2.45, 2.75) is 13.1 Å². The molecule has 4 rings (SSSR count). The molecule has 2 heterocycles. The predicted octanol–water partition coefficient (Wildman–Crippen LogP) is 2.42. The maximum Gasteiger partial charge on any atom is 0.338 e. The molecule has 37 heavy (non-hydrogen) atoms. The molecule has 10 heteroatoms. The Labute approximate surface area is 212 Å². The molecular weight excluding hydrogens is 474 g/mol. The van der Waals surface area contributed by atoms with Crippen LogP contribution in [0.25, 0.3) is 11.2 Å². The van der Waals surface area contributed by atoms with Crippen LogP contribution >= 0.6 is 0 Å². The van der Waals surface area contributed by atoms with Crippen LogP contribution < -0.4 is 15.9 Å². The van der Waals surface area contributed by atoms with Crippen molar-refractivity contribution in [3.05, 3.63) is 113 Å². The van der Waals surface area contributed by atoms with E-state index in [-0.39, 0.29) is 24.7 Å². The Morgan fingerprint density at radius 3 is 2.05 bits per heavy atom. The van der Waals surface area contributed by atoms with Gasteiger partial charge in [-0.3, -0.25) is 14.3 Å². The number of aromatic amines is 1. The van der Waals surface area contributed by atoms with E-state index in [0.717, 1.165) is 0 Å². The number of rotatable bonds is 10. The zero-order valence-corrected chi connectivity index (χ0v) is 19.9. The molecule has 2 aromatic carbocycles. The van der Waals surface area contributed by atoms with Crippen molar-refractivity contribution in [3.63, 3.8) is 0 Å². The summed E-state index contributed by atoms with van der Waals surface area (Å²) in [6, 6.07) is 17.5. The summed E-state index contributed by atoms with van der Waals surface area (Å²) < 4.78 is 14.0. The highest BCUT2D eigenvalue weighted by Crippen LogP contribution is 2.06. The summed E-state index contributed by atoms with van der Waals surface area (Å²) in [5, 5.41) is 0. The van der Waals surface area contributed by atoms with Crippen molar-refractivity contribution in [1.29, 1.82) is 0 Å². The van der Waals surface area contributed by atoms with E-state index in [2.05, 4.69) is 9.97 Å². The van der Waals surface area contributed by atoms with Crippen molar-refractivity contribution in [1.82, 2.24) is 14.5 Å². The Bertz CT molecular complexity index is 1490. The van der Waals surface area contributed by atoms with E-state index in [1.54, 1.807) is 88.3 Å². The van der Waals surface area contributed by atoms with Gasteiger partial charge in [0.15, 0.2) is 6.33 Å². The van der Waals surface area contributed by atoms with Gasteiger partial charge in [0.25, 0.3) is 11.5 Å². The van der Waals surface area contributed by atoms with Gasteiger partial charge in [-0.15, -0.1) is 0 Å². The van der Waals surface area contributed by atoms with Crippen LogP contribution in [-0.4, -0.2) is 39.7 Å². The zero-order chi connectivity index (χ0) is 26.0.